The van der Waals surface area contributed by atoms with Gasteiger partial charge in [-0.05, 0) is 30.7 Å². The summed E-state index contributed by atoms with van der Waals surface area (Å²) in [7, 11) is 1.73. The normalized spacial score (nSPS) is 10.4. The van der Waals surface area contributed by atoms with Gasteiger partial charge in [0.15, 0.2) is 11.6 Å². The molecule has 2 N–H and O–H groups in total. The molecule has 5 heteroatoms. The van der Waals surface area contributed by atoms with E-state index >= 15 is 0 Å². The maximum atomic E-state index is 13.2. The number of hydrogen-bond acceptors (Lipinski definition) is 3. The third-order valence-corrected chi connectivity index (χ3v) is 2.68. The number of halogens is 2. The van der Waals surface area contributed by atoms with Gasteiger partial charge in [0.1, 0.15) is 5.82 Å². The minimum Gasteiger partial charge on any atom is -0.397 e. The molecule has 18 heavy (non-hydrogen) atoms. The number of rotatable bonds is 2. The molecule has 0 spiro atoms. The molecule has 2 aromatic rings. The quantitative estimate of drug-likeness (QED) is 0.889. The number of nitrogens with two attached hydrogens (primary N) is 1. The first-order valence-corrected chi connectivity index (χ1v) is 5.40. The van der Waals surface area contributed by atoms with Crippen molar-refractivity contribution in [2.24, 2.45) is 0 Å². The van der Waals surface area contributed by atoms with Crippen LogP contribution < -0.4 is 10.6 Å². The van der Waals surface area contributed by atoms with Gasteiger partial charge in [0.05, 0.1) is 11.9 Å². The van der Waals surface area contributed by atoms with Crippen molar-refractivity contribution in [1.29, 1.82) is 0 Å². The second-order valence-electron chi connectivity index (χ2n) is 4.07. The van der Waals surface area contributed by atoms with Crippen LogP contribution in [0.25, 0.3) is 0 Å². The van der Waals surface area contributed by atoms with E-state index in [4.69, 9.17) is 5.73 Å². The van der Waals surface area contributed by atoms with Crippen molar-refractivity contribution < 1.29 is 8.78 Å². The van der Waals surface area contributed by atoms with Crippen molar-refractivity contribution >= 4 is 17.2 Å². The first-order valence-electron chi connectivity index (χ1n) is 5.40. The molecule has 0 aliphatic heterocycles. The number of anilines is 3. The van der Waals surface area contributed by atoms with E-state index in [0.29, 0.717) is 17.2 Å². The van der Waals surface area contributed by atoms with Gasteiger partial charge in [-0.15, -0.1) is 0 Å². The first kappa shape index (κ1) is 12.3. The zero-order valence-electron chi connectivity index (χ0n) is 10.1. The summed E-state index contributed by atoms with van der Waals surface area (Å²) in [6.45, 7) is 1.86. The van der Waals surface area contributed by atoms with E-state index < -0.39 is 11.6 Å². The summed E-state index contributed by atoms with van der Waals surface area (Å²) < 4.78 is 26.0. The summed E-state index contributed by atoms with van der Waals surface area (Å²) in [5.41, 5.74) is 7.57. The number of benzene rings is 1. The van der Waals surface area contributed by atoms with E-state index in [2.05, 4.69) is 4.98 Å². The van der Waals surface area contributed by atoms with E-state index in [-0.39, 0.29) is 0 Å². The van der Waals surface area contributed by atoms with E-state index in [0.717, 1.165) is 17.7 Å². The van der Waals surface area contributed by atoms with Crippen LogP contribution in [-0.4, -0.2) is 12.0 Å². The van der Waals surface area contributed by atoms with E-state index in [9.17, 15) is 8.78 Å². The predicted octanol–water partition coefficient (Wildman–Crippen LogP) is 3.02. The minimum absolute atomic E-state index is 0.522. The fourth-order valence-electron chi connectivity index (χ4n) is 1.76. The van der Waals surface area contributed by atoms with Crippen molar-refractivity contribution in [3.8, 4) is 0 Å². The van der Waals surface area contributed by atoms with Gasteiger partial charge in [0.2, 0.25) is 0 Å². The second-order valence-corrected chi connectivity index (χ2v) is 4.07. The molecule has 1 heterocycles. The van der Waals surface area contributed by atoms with Gasteiger partial charge in [-0.3, -0.25) is 0 Å². The Hall–Kier alpha value is -2.17. The Morgan fingerprint density at radius 2 is 1.89 bits per heavy atom. The van der Waals surface area contributed by atoms with Crippen LogP contribution in [-0.2, 0) is 0 Å². The Morgan fingerprint density at radius 1 is 1.17 bits per heavy atom. The highest BCUT2D eigenvalue weighted by atomic mass is 19.2. The monoisotopic (exact) mass is 249 g/mol. The molecule has 1 aromatic carbocycles. The number of nitrogens with zero attached hydrogens (tertiary/aromatic N) is 2. The Kier molecular flexibility index (Phi) is 3.14. The summed E-state index contributed by atoms with van der Waals surface area (Å²) in [5.74, 6) is -1.10. The zero-order valence-corrected chi connectivity index (χ0v) is 10.1. The summed E-state index contributed by atoms with van der Waals surface area (Å²) in [6, 6.07) is 5.50. The molecule has 0 unspecified atom stereocenters. The van der Waals surface area contributed by atoms with Crippen molar-refractivity contribution in [3.05, 3.63) is 47.7 Å². The number of nitrogen functional groups attached to an aromatic ring is 1. The van der Waals surface area contributed by atoms with Gasteiger partial charge in [0.25, 0.3) is 0 Å². The predicted molar refractivity (Wildman–Crippen MR) is 67.8 cm³/mol. The van der Waals surface area contributed by atoms with E-state index in [1.807, 2.05) is 6.92 Å². The summed E-state index contributed by atoms with van der Waals surface area (Å²) in [4.78, 5) is 5.87. The smallest absolute Gasteiger partial charge is 0.160 e. The van der Waals surface area contributed by atoms with Crippen LogP contribution in [0.5, 0.6) is 0 Å². The molecule has 0 aliphatic rings. The lowest BCUT2D eigenvalue weighted by Crippen LogP contribution is -2.13. The number of hydrogen-bond donors (Lipinski definition) is 1. The highest BCUT2D eigenvalue weighted by molar-refractivity contribution is 5.63. The molecular weight excluding hydrogens is 236 g/mol. The lowest BCUT2D eigenvalue weighted by molar-refractivity contribution is 0.509. The van der Waals surface area contributed by atoms with Gasteiger partial charge in [0, 0.05) is 18.8 Å². The maximum Gasteiger partial charge on any atom is 0.160 e. The average Bonchev–Trinajstić information content (AvgIpc) is 2.32. The van der Waals surface area contributed by atoms with Crippen LogP contribution in [0.1, 0.15) is 5.56 Å². The first-order chi connectivity index (χ1) is 8.49. The van der Waals surface area contributed by atoms with Crippen molar-refractivity contribution in [2.75, 3.05) is 17.7 Å². The zero-order chi connectivity index (χ0) is 13.3. The van der Waals surface area contributed by atoms with Crippen LogP contribution in [0.4, 0.5) is 26.0 Å². The van der Waals surface area contributed by atoms with Gasteiger partial charge < -0.3 is 10.6 Å². The largest absolute Gasteiger partial charge is 0.397 e. The Labute approximate surface area is 104 Å². The lowest BCUT2D eigenvalue weighted by atomic mass is 10.2. The molecule has 2 rings (SSSR count). The number of pyridine rings is 1. The topological polar surface area (TPSA) is 42.1 Å². The van der Waals surface area contributed by atoms with E-state index in [1.165, 1.54) is 12.3 Å². The molecule has 3 nitrogen and oxygen atoms in total. The highest BCUT2D eigenvalue weighted by Gasteiger charge is 2.11. The number of aromatic nitrogens is 1. The van der Waals surface area contributed by atoms with Gasteiger partial charge in [-0.2, -0.15) is 0 Å². The second kappa shape index (κ2) is 4.60. The van der Waals surface area contributed by atoms with Gasteiger partial charge in [-0.25, -0.2) is 13.8 Å². The molecule has 0 bridgehead atoms. The molecule has 0 saturated heterocycles. The fourth-order valence-corrected chi connectivity index (χ4v) is 1.76. The maximum absolute atomic E-state index is 13.2. The molecule has 94 valence electrons. The molecule has 0 aliphatic carbocycles. The van der Waals surface area contributed by atoms with Crippen molar-refractivity contribution in [3.63, 3.8) is 0 Å². The molecule has 1 aromatic heterocycles. The minimum atomic E-state index is -0.882. The molecule has 0 amide bonds. The molecule has 0 fully saturated rings. The summed E-state index contributed by atoms with van der Waals surface area (Å²) in [6.07, 6.45) is 1.53. The average molecular weight is 249 g/mol. The molecule has 0 radical (unpaired) electrons. The van der Waals surface area contributed by atoms with Crippen LogP contribution in [0.2, 0.25) is 0 Å². The summed E-state index contributed by atoms with van der Waals surface area (Å²) in [5, 5.41) is 0. The lowest BCUT2D eigenvalue weighted by Gasteiger charge is -2.20. The van der Waals surface area contributed by atoms with Crippen molar-refractivity contribution in [2.45, 2.75) is 6.92 Å². The van der Waals surface area contributed by atoms with Gasteiger partial charge in [-0.1, -0.05) is 0 Å². The molecule has 0 saturated carbocycles. The Balaban J connectivity index is 2.41. The fraction of sp³-hybridized carbons (Fsp3) is 0.154. The van der Waals surface area contributed by atoms with Crippen LogP contribution in [0.3, 0.4) is 0 Å². The molecular formula is C13H13F2N3. The third kappa shape index (κ3) is 2.25. The Morgan fingerprint density at radius 3 is 2.50 bits per heavy atom. The SMILES string of the molecule is Cc1cc(N)cnc1N(C)c1ccc(F)c(F)c1. The standard InChI is InChI=1S/C13H13F2N3/c1-8-5-9(16)7-17-13(8)18(2)10-3-4-11(14)12(15)6-10/h3-7H,16H2,1-2H3. The Bertz CT molecular complexity index is 584. The molecule has 0 atom stereocenters. The van der Waals surface area contributed by atoms with Crippen molar-refractivity contribution in [1.82, 2.24) is 4.98 Å². The third-order valence-electron chi connectivity index (χ3n) is 2.68. The highest BCUT2D eigenvalue weighted by Crippen LogP contribution is 2.26. The van der Waals surface area contributed by atoms with Crippen LogP contribution >= 0.6 is 0 Å². The van der Waals surface area contributed by atoms with Gasteiger partial charge >= 0.3 is 0 Å². The van der Waals surface area contributed by atoms with Crippen LogP contribution in [0, 0.1) is 18.6 Å². The van der Waals surface area contributed by atoms with E-state index in [1.54, 1.807) is 18.0 Å². The van der Waals surface area contributed by atoms with Crippen LogP contribution in [0.15, 0.2) is 30.5 Å². The summed E-state index contributed by atoms with van der Waals surface area (Å²) >= 11 is 0. The number of aryl methyl sites for hydroxylation is 1.